The summed E-state index contributed by atoms with van der Waals surface area (Å²) in [4.78, 5) is 3.45. The second-order valence-corrected chi connectivity index (χ2v) is 7.90. The number of rotatable bonds is 1. The van der Waals surface area contributed by atoms with Gasteiger partial charge >= 0.3 is 0 Å². The zero-order chi connectivity index (χ0) is 17.4. The Morgan fingerprint density at radius 1 is 0.840 bits per heavy atom. The number of aromatic amines is 1. The summed E-state index contributed by atoms with van der Waals surface area (Å²) in [5.41, 5.74) is 2.03. The van der Waals surface area contributed by atoms with Crippen molar-refractivity contribution < 1.29 is 23.7 Å². The lowest BCUT2D eigenvalue weighted by atomic mass is 9.97. The number of nitrogens with one attached hydrogen (secondary N) is 1. The maximum Gasteiger partial charge on any atom is 0.190 e. The molecule has 1 aromatic carbocycles. The summed E-state index contributed by atoms with van der Waals surface area (Å²) < 4.78 is 30.6. The Kier molecular flexibility index (Phi) is 3.19. The van der Waals surface area contributed by atoms with Gasteiger partial charge in [-0.1, -0.05) is 18.2 Å². The van der Waals surface area contributed by atoms with Crippen LogP contribution in [0.1, 0.15) is 39.5 Å². The van der Waals surface area contributed by atoms with Gasteiger partial charge in [-0.05, 0) is 45.2 Å². The highest BCUT2D eigenvalue weighted by Gasteiger charge is 2.61. The van der Waals surface area contributed by atoms with Crippen molar-refractivity contribution in [3.05, 3.63) is 36.0 Å². The van der Waals surface area contributed by atoms with Crippen LogP contribution in [0.3, 0.4) is 0 Å². The molecule has 134 valence electrons. The van der Waals surface area contributed by atoms with E-state index in [4.69, 9.17) is 23.7 Å². The highest BCUT2D eigenvalue weighted by atomic mass is 16.9. The topological polar surface area (TPSA) is 61.9 Å². The first kappa shape index (κ1) is 15.8. The molecule has 3 aliphatic heterocycles. The highest BCUT2D eigenvalue weighted by molar-refractivity contribution is 5.80. The van der Waals surface area contributed by atoms with Gasteiger partial charge in [0, 0.05) is 11.2 Å². The molecular formula is C19H23NO5. The van der Waals surface area contributed by atoms with E-state index >= 15 is 0 Å². The van der Waals surface area contributed by atoms with Crippen molar-refractivity contribution in [3.63, 3.8) is 0 Å². The molecule has 1 aromatic heterocycles. The van der Waals surface area contributed by atoms with Gasteiger partial charge in [0.05, 0.1) is 0 Å². The minimum atomic E-state index is -0.703. The number of benzene rings is 1. The second-order valence-electron chi connectivity index (χ2n) is 7.90. The molecule has 6 heteroatoms. The van der Waals surface area contributed by atoms with E-state index in [2.05, 4.69) is 23.2 Å². The smallest absolute Gasteiger partial charge is 0.190 e. The first-order valence-corrected chi connectivity index (χ1v) is 8.76. The SMILES string of the molecule is CC1(C)O[C@H]2[C@@H](O1)[C@@H](c1cc3ccccc3[nH]1)O[C@@H]1OC(C)(C)O[C@@H]12. The van der Waals surface area contributed by atoms with Crippen molar-refractivity contribution in [3.8, 4) is 0 Å². The normalized spacial score (nSPS) is 38.6. The standard InChI is InChI=1S/C19H23NO5/c1-18(2)22-14-13(12-9-10-7-5-6-8-11(10)20-12)21-17-16(15(14)23-18)24-19(3,4)25-17/h5-9,13-17,20H,1-4H3/t13-,14+,15+,16-,17-/m1/s1. The van der Waals surface area contributed by atoms with E-state index in [0.717, 1.165) is 16.6 Å². The van der Waals surface area contributed by atoms with Gasteiger partial charge in [0.1, 0.15) is 24.4 Å². The summed E-state index contributed by atoms with van der Waals surface area (Å²) in [6.45, 7) is 7.62. The summed E-state index contributed by atoms with van der Waals surface area (Å²) >= 11 is 0. The van der Waals surface area contributed by atoms with E-state index in [9.17, 15) is 0 Å². The summed E-state index contributed by atoms with van der Waals surface area (Å²) in [5.74, 6) is -1.39. The Morgan fingerprint density at radius 2 is 1.52 bits per heavy atom. The average Bonchev–Trinajstić information content (AvgIpc) is 3.16. The zero-order valence-electron chi connectivity index (χ0n) is 14.8. The lowest BCUT2D eigenvalue weighted by Gasteiger charge is -2.36. The number of aromatic nitrogens is 1. The molecule has 6 nitrogen and oxygen atoms in total. The predicted octanol–water partition coefficient (Wildman–Crippen LogP) is 3.24. The van der Waals surface area contributed by atoms with Crippen LogP contribution in [0.2, 0.25) is 0 Å². The van der Waals surface area contributed by atoms with Crippen LogP contribution in [0.5, 0.6) is 0 Å². The molecule has 0 bridgehead atoms. The van der Waals surface area contributed by atoms with Crippen LogP contribution < -0.4 is 0 Å². The second kappa shape index (κ2) is 5.05. The molecular weight excluding hydrogens is 322 g/mol. The fourth-order valence-corrected chi connectivity index (χ4v) is 4.11. The first-order chi connectivity index (χ1) is 11.8. The number of hydrogen-bond acceptors (Lipinski definition) is 5. The Labute approximate surface area is 146 Å². The molecule has 5 rings (SSSR count). The molecule has 3 aliphatic rings. The van der Waals surface area contributed by atoms with Crippen molar-refractivity contribution in [2.45, 2.75) is 70.0 Å². The van der Waals surface area contributed by atoms with E-state index in [1.54, 1.807) is 0 Å². The molecule has 0 saturated carbocycles. The Morgan fingerprint density at radius 3 is 2.32 bits per heavy atom. The molecule has 3 saturated heterocycles. The van der Waals surface area contributed by atoms with E-state index in [0.29, 0.717) is 0 Å². The van der Waals surface area contributed by atoms with Crippen molar-refractivity contribution in [1.82, 2.24) is 4.98 Å². The lowest BCUT2D eigenvalue weighted by molar-refractivity contribution is -0.237. The number of hydrogen-bond donors (Lipinski definition) is 1. The first-order valence-electron chi connectivity index (χ1n) is 8.76. The van der Waals surface area contributed by atoms with Crippen LogP contribution in [-0.2, 0) is 23.7 Å². The molecule has 2 aromatic rings. The van der Waals surface area contributed by atoms with E-state index in [1.165, 1.54) is 0 Å². The molecule has 5 atom stereocenters. The molecule has 1 N–H and O–H groups in total. The average molecular weight is 345 g/mol. The van der Waals surface area contributed by atoms with Crippen molar-refractivity contribution in [1.29, 1.82) is 0 Å². The fraction of sp³-hybridized carbons (Fsp3) is 0.579. The maximum atomic E-state index is 6.29. The number of para-hydroxylation sites is 1. The maximum absolute atomic E-state index is 6.29. The molecule has 0 spiro atoms. The van der Waals surface area contributed by atoms with E-state index < -0.39 is 17.9 Å². The van der Waals surface area contributed by atoms with Crippen LogP contribution >= 0.6 is 0 Å². The monoisotopic (exact) mass is 345 g/mol. The quantitative estimate of drug-likeness (QED) is 0.860. The molecule has 0 radical (unpaired) electrons. The zero-order valence-corrected chi connectivity index (χ0v) is 14.8. The third-order valence-electron chi connectivity index (χ3n) is 5.01. The van der Waals surface area contributed by atoms with E-state index in [-0.39, 0.29) is 24.4 Å². The van der Waals surface area contributed by atoms with Gasteiger partial charge in [0.2, 0.25) is 0 Å². The summed E-state index contributed by atoms with van der Waals surface area (Å²) in [5, 5.41) is 1.14. The van der Waals surface area contributed by atoms with E-state index in [1.807, 2.05) is 39.8 Å². The van der Waals surface area contributed by atoms with Crippen molar-refractivity contribution in [2.24, 2.45) is 0 Å². The van der Waals surface area contributed by atoms with Gasteiger partial charge in [0.15, 0.2) is 17.9 Å². The van der Waals surface area contributed by atoms with Crippen LogP contribution in [-0.4, -0.2) is 41.2 Å². The fourth-order valence-electron chi connectivity index (χ4n) is 4.11. The van der Waals surface area contributed by atoms with Crippen LogP contribution in [0.4, 0.5) is 0 Å². The Balaban J connectivity index is 1.55. The minimum absolute atomic E-state index is 0.244. The van der Waals surface area contributed by atoms with Crippen LogP contribution in [0.15, 0.2) is 30.3 Å². The predicted molar refractivity (Wildman–Crippen MR) is 89.8 cm³/mol. The third-order valence-corrected chi connectivity index (χ3v) is 5.01. The van der Waals surface area contributed by atoms with Gasteiger partial charge in [-0.3, -0.25) is 0 Å². The van der Waals surface area contributed by atoms with Gasteiger partial charge in [-0.2, -0.15) is 0 Å². The lowest BCUT2D eigenvalue weighted by Crippen LogP contribution is -2.51. The van der Waals surface area contributed by atoms with Gasteiger partial charge in [-0.15, -0.1) is 0 Å². The molecule has 25 heavy (non-hydrogen) atoms. The summed E-state index contributed by atoms with van der Waals surface area (Å²) in [7, 11) is 0. The molecule has 0 amide bonds. The van der Waals surface area contributed by atoms with Crippen LogP contribution in [0, 0.1) is 0 Å². The van der Waals surface area contributed by atoms with Crippen LogP contribution in [0.25, 0.3) is 10.9 Å². The molecule has 3 fully saturated rings. The third kappa shape index (κ3) is 2.52. The number of H-pyrrole nitrogens is 1. The number of ether oxygens (including phenoxy) is 5. The largest absolute Gasteiger partial charge is 0.356 e. The molecule has 0 unspecified atom stereocenters. The van der Waals surface area contributed by atoms with Crippen molar-refractivity contribution in [2.75, 3.05) is 0 Å². The number of fused-ring (bicyclic) bond motifs is 4. The van der Waals surface area contributed by atoms with Gasteiger partial charge in [-0.25, -0.2) is 0 Å². The minimum Gasteiger partial charge on any atom is -0.356 e. The van der Waals surface area contributed by atoms with Crippen molar-refractivity contribution >= 4 is 10.9 Å². The molecule has 4 heterocycles. The summed E-state index contributed by atoms with van der Waals surface area (Å²) in [6, 6.07) is 10.3. The van der Waals surface area contributed by atoms with Gasteiger partial charge < -0.3 is 28.7 Å². The Bertz CT molecular complexity index is 780. The summed E-state index contributed by atoms with van der Waals surface area (Å²) in [6.07, 6.45) is -1.60. The molecule has 0 aliphatic carbocycles. The highest BCUT2D eigenvalue weighted by Crippen LogP contribution is 2.48. The Hall–Kier alpha value is -1.44. The van der Waals surface area contributed by atoms with Gasteiger partial charge in [0.25, 0.3) is 0 Å².